The van der Waals surface area contributed by atoms with Gasteiger partial charge in [0.25, 0.3) is 0 Å². The van der Waals surface area contributed by atoms with Crippen molar-refractivity contribution < 1.29 is 38.2 Å². The number of allylic oxidation sites excluding steroid dienone is 14. The van der Waals surface area contributed by atoms with Gasteiger partial charge >= 0.3 is 11.9 Å². The molecule has 0 fully saturated rings. The van der Waals surface area contributed by atoms with Crippen LogP contribution in [0.25, 0.3) is 0 Å². The zero-order valence-corrected chi connectivity index (χ0v) is 41.7. The number of rotatable bonds is 45. The lowest BCUT2D eigenvalue weighted by Gasteiger charge is -2.34. The Kier molecular flexibility index (Phi) is 43.5. The minimum absolute atomic E-state index is 0.0151. The van der Waals surface area contributed by atoms with E-state index < -0.39 is 18.1 Å². The van der Waals surface area contributed by atoms with E-state index >= 15 is 0 Å². The topological polar surface area (TPSA) is 102 Å². The summed E-state index contributed by atoms with van der Waals surface area (Å²) in [4.78, 5) is 37.0. The van der Waals surface area contributed by atoms with Crippen LogP contribution in [0.4, 0.5) is 0 Å². The summed E-state index contributed by atoms with van der Waals surface area (Å²) in [7, 11) is 5.39. The summed E-state index contributed by atoms with van der Waals surface area (Å²) >= 11 is 0. The van der Waals surface area contributed by atoms with Gasteiger partial charge in [-0.25, -0.2) is 0 Å². The highest BCUT2D eigenvalue weighted by Crippen LogP contribution is 2.14. The second-order valence-electron chi connectivity index (χ2n) is 18.0. The van der Waals surface area contributed by atoms with E-state index in [9.17, 15) is 19.5 Å². The highest BCUT2D eigenvalue weighted by Gasteiger charge is 2.25. The summed E-state index contributed by atoms with van der Waals surface area (Å²) in [5.41, 5.74) is 0. The molecule has 0 N–H and O–H groups in total. The number of likely N-dealkylation sites (N-methyl/N-ethyl adjacent to an activating group) is 1. The van der Waals surface area contributed by atoms with Crippen LogP contribution in [0.15, 0.2) is 85.1 Å². The zero-order chi connectivity index (χ0) is 47.0. The standard InChI is InChI=1S/C56H95NO7/c1-6-8-10-12-14-16-18-20-22-24-25-26-27-28-29-31-33-35-37-39-41-43-45-47-55(59)64-52(50-62-49-48-53(56(60)61)57(3,4)5)51-63-54(58)46-44-42-40-38-36-34-32-30-23-21-19-17-15-13-11-9-7-2/h9,11,15,17,21,23,25-26,28-29,32,34,38,40,52-53H,6-8,10,12-14,16,18-20,22,24,27,30-31,33,35-37,39,41-51H2,1-5H3/b11-9+,17-15+,23-21+,26-25+,29-28+,34-32+,40-38+. The molecule has 0 saturated carbocycles. The lowest BCUT2D eigenvalue weighted by atomic mass is 10.1. The van der Waals surface area contributed by atoms with Crippen molar-refractivity contribution in [2.24, 2.45) is 0 Å². The molecule has 8 heteroatoms. The van der Waals surface area contributed by atoms with Crippen LogP contribution in [-0.2, 0) is 28.6 Å². The number of esters is 2. The van der Waals surface area contributed by atoms with Gasteiger partial charge in [0.05, 0.1) is 40.3 Å². The van der Waals surface area contributed by atoms with Gasteiger partial charge in [0, 0.05) is 19.3 Å². The highest BCUT2D eigenvalue weighted by atomic mass is 16.6. The van der Waals surface area contributed by atoms with E-state index in [1.165, 1.54) is 83.5 Å². The lowest BCUT2D eigenvalue weighted by Crippen LogP contribution is -2.55. The van der Waals surface area contributed by atoms with Crippen molar-refractivity contribution in [3.8, 4) is 0 Å². The second kappa shape index (κ2) is 46.1. The zero-order valence-electron chi connectivity index (χ0n) is 41.7. The smallest absolute Gasteiger partial charge is 0.306 e. The number of hydrogen-bond acceptors (Lipinski definition) is 7. The first-order valence-electron chi connectivity index (χ1n) is 25.6. The molecule has 0 aliphatic rings. The van der Waals surface area contributed by atoms with Crippen LogP contribution in [0.2, 0.25) is 0 Å². The number of carboxylic acids is 1. The third-order valence-electron chi connectivity index (χ3n) is 11.0. The molecule has 0 aromatic heterocycles. The molecule has 0 aromatic rings. The Hall–Kier alpha value is -3.49. The molecule has 0 heterocycles. The van der Waals surface area contributed by atoms with Gasteiger partial charge in [0.15, 0.2) is 6.10 Å². The van der Waals surface area contributed by atoms with Gasteiger partial charge < -0.3 is 28.6 Å². The van der Waals surface area contributed by atoms with Gasteiger partial charge in [0.2, 0.25) is 0 Å². The van der Waals surface area contributed by atoms with Crippen LogP contribution in [0.5, 0.6) is 0 Å². The van der Waals surface area contributed by atoms with Gasteiger partial charge in [0.1, 0.15) is 12.6 Å². The molecule has 0 amide bonds. The summed E-state index contributed by atoms with van der Waals surface area (Å²) in [5.74, 6) is -1.83. The number of carbonyl (C=O) groups is 3. The summed E-state index contributed by atoms with van der Waals surface area (Å²) in [6, 6.07) is -0.741. The SMILES string of the molecule is CC/C=C/C/C=C/C/C=C/C/C=C/C/C=C/CCCC(=O)OCC(COCCC(C(=O)[O-])[N+](C)(C)C)OC(=O)CCCCCCCCC/C=C/C/C=C/CCCCCCCCCCC. The van der Waals surface area contributed by atoms with E-state index in [2.05, 4.69) is 98.9 Å². The lowest BCUT2D eigenvalue weighted by molar-refractivity contribution is -0.889. The van der Waals surface area contributed by atoms with Crippen LogP contribution < -0.4 is 5.11 Å². The number of unbranched alkanes of at least 4 members (excludes halogenated alkanes) is 17. The maximum Gasteiger partial charge on any atom is 0.306 e. The average molecular weight is 894 g/mol. The molecule has 0 saturated heterocycles. The van der Waals surface area contributed by atoms with Crippen LogP contribution in [0, 0.1) is 0 Å². The van der Waals surface area contributed by atoms with Gasteiger partial charge in [-0.15, -0.1) is 0 Å². The molecule has 0 aromatic carbocycles. The highest BCUT2D eigenvalue weighted by molar-refractivity contribution is 5.70. The summed E-state index contributed by atoms with van der Waals surface area (Å²) < 4.78 is 17.2. The maximum atomic E-state index is 12.8. The van der Waals surface area contributed by atoms with E-state index in [0.29, 0.717) is 12.8 Å². The Morgan fingerprint density at radius 2 is 0.891 bits per heavy atom. The van der Waals surface area contributed by atoms with Gasteiger partial charge in [-0.1, -0.05) is 182 Å². The maximum absolute atomic E-state index is 12.8. The van der Waals surface area contributed by atoms with Gasteiger partial charge in [-0.2, -0.15) is 0 Å². The minimum Gasteiger partial charge on any atom is -0.544 e. The second-order valence-corrected chi connectivity index (χ2v) is 18.0. The molecule has 64 heavy (non-hydrogen) atoms. The van der Waals surface area contributed by atoms with E-state index in [4.69, 9.17) is 14.2 Å². The molecule has 0 bridgehead atoms. The molecule has 0 aliphatic heterocycles. The molecule has 366 valence electrons. The number of carboxylic acid groups (broad SMARTS) is 1. The van der Waals surface area contributed by atoms with E-state index in [1.807, 2.05) is 0 Å². The number of nitrogens with zero attached hydrogens (tertiary/aromatic N) is 1. The number of hydrogen-bond donors (Lipinski definition) is 0. The van der Waals surface area contributed by atoms with Crippen molar-refractivity contribution in [3.05, 3.63) is 85.1 Å². The third-order valence-corrected chi connectivity index (χ3v) is 11.0. The van der Waals surface area contributed by atoms with Crippen LogP contribution in [0.3, 0.4) is 0 Å². The fraction of sp³-hybridized carbons (Fsp3) is 0.696. The third kappa shape index (κ3) is 43.7. The molecule has 0 spiro atoms. The van der Waals surface area contributed by atoms with E-state index in [-0.39, 0.29) is 49.1 Å². The number of ether oxygens (including phenoxy) is 3. The summed E-state index contributed by atoms with van der Waals surface area (Å²) in [6.07, 6.45) is 60.5. The average Bonchev–Trinajstić information content (AvgIpc) is 3.26. The van der Waals surface area contributed by atoms with Crippen molar-refractivity contribution in [1.29, 1.82) is 0 Å². The minimum atomic E-state index is -1.14. The number of aliphatic carboxylic acids is 1. The number of carbonyl (C=O) groups excluding carboxylic acids is 3. The van der Waals surface area contributed by atoms with Crippen molar-refractivity contribution in [2.45, 2.75) is 212 Å². The predicted molar refractivity (Wildman–Crippen MR) is 268 cm³/mol. The van der Waals surface area contributed by atoms with Crippen LogP contribution >= 0.6 is 0 Å². The molecule has 2 unspecified atom stereocenters. The molecule has 0 aliphatic carbocycles. The summed E-state index contributed by atoms with van der Waals surface area (Å²) in [5, 5.41) is 11.7. The van der Waals surface area contributed by atoms with Crippen molar-refractivity contribution in [1.82, 2.24) is 0 Å². The Morgan fingerprint density at radius 1 is 0.484 bits per heavy atom. The van der Waals surface area contributed by atoms with E-state index in [0.717, 1.165) is 77.0 Å². The number of quaternary nitrogens is 1. The molecule has 2 atom stereocenters. The quantitative estimate of drug-likeness (QED) is 0.0260. The predicted octanol–water partition coefficient (Wildman–Crippen LogP) is 13.5. The fourth-order valence-corrected chi connectivity index (χ4v) is 7.08. The Morgan fingerprint density at radius 3 is 1.34 bits per heavy atom. The first-order chi connectivity index (χ1) is 31.1. The Balaban J connectivity index is 4.34. The molecule has 0 rings (SSSR count). The fourth-order valence-electron chi connectivity index (χ4n) is 7.08. The molecule has 0 radical (unpaired) electrons. The van der Waals surface area contributed by atoms with Crippen molar-refractivity contribution in [2.75, 3.05) is 41.0 Å². The molecular formula is C56H95NO7. The van der Waals surface area contributed by atoms with Crippen molar-refractivity contribution >= 4 is 17.9 Å². The molecular weight excluding hydrogens is 799 g/mol. The van der Waals surface area contributed by atoms with Crippen LogP contribution in [0.1, 0.15) is 200 Å². The van der Waals surface area contributed by atoms with Gasteiger partial charge in [-0.05, 0) is 83.5 Å². The van der Waals surface area contributed by atoms with Crippen LogP contribution in [-0.4, -0.2) is 75.5 Å². The first-order valence-corrected chi connectivity index (χ1v) is 25.6. The monoisotopic (exact) mass is 894 g/mol. The normalized spacial score (nSPS) is 13.6. The van der Waals surface area contributed by atoms with E-state index in [1.54, 1.807) is 21.1 Å². The van der Waals surface area contributed by atoms with Crippen molar-refractivity contribution in [3.63, 3.8) is 0 Å². The van der Waals surface area contributed by atoms with Gasteiger partial charge in [-0.3, -0.25) is 9.59 Å². The first kappa shape index (κ1) is 60.5. The molecule has 8 nitrogen and oxygen atoms in total. The Bertz CT molecular complexity index is 1320. The summed E-state index contributed by atoms with van der Waals surface area (Å²) in [6.45, 7) is 4.48. The largest absolute Gasteiger partial charge is 0.544 e. The Labute approximate surface area is 393 Å².